The quantitative estimate of drug-likeness (QED) is 0.886. The highest BCUT2D eigenvalue weighted by Gasteiger charge is 2.27. The number of halogens is 2. The molecule has 0 spiro atoms. The lowest BCUT2D eigenvalue weighted by atomic mass is 9.86. The normalized spacial score (nSPS) is 24.9. The number of nitrogens with zero attached hydrogens (tertiary/aromatic N) is 1. The first-order valence-electron chi connectivity index (χ1n) is 7.40. The Balaban J connectivity index is 2.14. The van der Waals surface area contributed by atoms with Crippen molar-refractivity contribution in [1.29, 1.82) is 0 Å². The predicted octanol–water partition coefficient (Wildman–Crippen LogP) is 4.50. The average Bonchev–Trinajstić information content (AvgIpc) is 2.42. The van der Waals surface area contributed by atoms with E-state index in [0.717, 1.165) is 11.5 Å². The van der Waals surface area contributed by atoms with Gasteiger partial charge in [-0.1, -0.05) is 36.2 Å². The Bertz CT molecular complexity index is 442. The fourth-order valence-electron chi connectivity index (χ4n) is 3.19. The monoisotopic (exact) mass is 314 g/mol. The molecule has 1 aromatic rings. The van der Waals surface area contributed by atoms with Gasteiger partial charge in [-0.3, -0.25) is 4.90 Å². The van der Waals surface area contributed by atoms with E-state index in [-0.39, 0.29) is 6.04 Å². The van der Waals surface area contributed by atoms with Crippen molar-refractivity contribution in [2.45, 2.75) is 44.7 Å². The zero-order chi connectivity index (χ0) is 14.7. The Kier molecular flexibility index (Phi) is 5.74. The van der Waals surface area contributed by atoms with E-state index in [2.05, 4.69) is 18.9 Å². The Morgan fingerprint density at radius 3 is 2.45 bits per heavy atom. The summed E-state index contributed by atoms with van der Waals surface area (Å²) in [6, 6.07) is 6.47. The first-order valence-corrected chi connectivity index (χ1v) is 8.15. The molecule has 2 N–H and O–H groups in total. The van der Waals surface area contributed by atoms with Gasteiger partial charge in [0.15, 0.2) is 0 Å². The zero-order valence-electron chi connectivity index (χ0n) is 12.3. The summed E-state index contributed by atoms with van der Waals surface area (Å²) in [5.74, 6) is 0.857. The molecular formula is C16H24Cl2N2. The van der Waals surface area contributed by atoms with E-state index in [1.165, 1.54) is 25.7 Å². The second-order valence-corrected chi connectivity index (χ2v) is 6.84. The Morgan fingerprint density at radius 2 is 1.90 bits per heavy atom. The molecule has 1 fully saturated rings. The summed E-state index contributed by atoms with van der Waals surface area (Å²) in [4.78, 5) is 2.40. The minimum Gasteiger partial charge on any atom is -0.329 e. The summed E-state index contributed by atoms with van der Waals surface area (Å²) in [6.07, 6.45) is 5.11. The molecule has 0 heterocycles. The molecule has 112 valence electrons. The highest BCUT2D eigenvalue weighted by Crippen LogP contribution is 2.34. The second kappa shape index (κ2) is 7.13. The predicted molar refractivity (Wildman–Crippen MR) is 87.4 cm³/mol. The van der Waals surface area contributed by atoms with Crippen molar-refractivity contribution in [3.8, 4) is 0 Å². The minimum absolute atomic E-state index is 0.165. The van der Waals surface area contributed by atoms with Crippen LogP contribution in [-0.4, -0.2) is 24.5 Å². The van der Waals surface area contributed by atoms with Gasteiger partial charge in [-0.15, -0.1) is 0 Å². The van der Waals surface area contributed by atoms with Gasteiger partial charge in [0.25, 0.3) is 0 Å². The van der Waals surface area contributed by atoms with Crippen molar-refractivity contribution in [1.82, 2.24) is 4.90 Å². The third-order valence-corrected chi connectivity index (χ3v) is 5.16. The fourth-order valence-corrected chi connectivity index (χ4v) is 3.72. The van der Waals surface area contributed by atoms with Gasteiger partial charge >= 0.3 is 0 Å². The van der Waals surface area contributed by atoms with E-state index in [0.29, 0.717) is 22.6 Å². The lowest BCUT2D eigenvalue weighted by Crippen LogP contribution is -2.40. The smallest absolute Gasteiger partial charge is 0.0485 e. The SMILES string of the molecule is CC1CCC(N(C)C(CN)c2ccc(Cl)cc2Cl)CC1. The van der Waals surface area contributed by atoms with Gasteiger partial charge < -0.3 is 5.73 Å². The van der Waals surface area contributed by atoms with Crippen LogP contribution in [0.3, 0.4) is 0 Å². The van der Waals surface area contributed by atoms with Crippen LogP contribution in [0.25, 0.3) is 0 Å². The zero-order valence-corrected chi connectivity index (χ0v) is 13.8. The van der Waals surface area contributed by atoms with E-state index in [4.69, 9.17) is 28.9 Å². The maximum absolute atomic E-state index is 6.34. The van der Waals surface area contributed by atoms with E-state index in [9.17, 15) is 0 Å². The molecule has 1 saturated carbocycles. The molecule has 0 aliphatic heterocycles. The molecule has 1 aliphatic rings. The van der Waals surface area contributed by atoms with Gasteiger partial charge in [0.1, 0.15) is 0 Å². The highest BCUT2D eigenvalue weighted by atomic mass is 35.5. The number of benzene rings is 1. The molecule has 1 aromatic carbocycles. The summed E-state index contributed by atoms with van der Waals surface area (Å²) in [5, 5.41) is 1.38. The van der Waals surface area contributed by atoms with E-state index >= 15 is 0 Å². The van der Waals surface area contributed by atoms with Crippen molar-refractivity contribution in [3.05, 3.63) is 33.8 Å². The molecule has 0 amide bonds. The van der Waals surface area contributed by atoms with Crippen LogP contribution in [0.15, 0.2) is 18.2 Å². The maximum atomic E-state index is 6.34. The topological polar surface area (TPSA) is 29.3 Å². The van der Waals surface area contributed by atoms with Gasteiger partial charge in [-0.2, -0.15) is 0 Å². The van der Waals surface area contributed by atoms with Gasteiger partial charge in [-0.25, -0.2) is 0 Å². The van der Waals surface area contributed by atoms with Crippen LogP contribution >= 0.6 is 23.2 Å². The molecule has 20 heavy (non-hydrogen) atoms. The van der Waals surface area contributed by atoms with E-state index in [1.807, 2.05) is 12.1 Å². The van der Waals surface area contributed by atoms with Crippen LogP contribution in [-0.2, 0) is 0 Å². The lowest BCUT2D eigenvalue weighted by molar-refractivity contribution is 0.126. The first-order chi connectivity index (χ1) is 9.52. The number of nitrogens with two attached hydrogens (primary N) is 1. The van der Waals surface area contributed by atoms with Gasteiger partial charge in [0.05, 0.1) is 0 Å². The molecule has 1 atom stereocenters. The third kappa shape index (κ3) is 3.67. The van der Waals surface area contributed by atoms with Crippen molar-refractivity contribution in [2.24, 2.45) is 11.7 Å². The van der Waals surface area contributed by atoms with Crippen molar-refractivity contribution in [2.75, 3.05) is 13.6 Å². The van der Waals surface area contributed by atoms with Crippen molar-refractivity contribution < 1.29 is 0 Å². The standard InChI is InChI=1S/C16H24Cl2N2/c1-11-3-6-13(7-4-11)20(2)16(10-19)14-8-5-12(17)9-15(14)18/h5,8-9,11,13,16H,3-4,6-7,10,19H2,1-2H3. The van der Waals surface area contributed by atoms with Crippen molar-refractivity contribution >= 4 is 23.2 Å². The van der Waals surface area contributed by atoms with E-state index in [1.54, 1.807) is 6.07 Å². The van der Waals surface area contributed by atoms with Crippen LogP contribution in [0.5, 0.6) is 0 Å². The molecule has 2 rings (SSSR count). The Hall–Kier alpha value is -0.280. The number of hydrogen-bond donors (Lipinski definition) is 1. The lowest BCUT2D eigenvalue weighted by Gasteiger charge is -2.38. The van der Waals surface area contributed by atoms with Gasteiger partial charge in [-0.05, 0) is 56.3 Å². The summed E-state index contributed by atoms with van der Waals surface area (Å²) in [7, 11) is 2.17. The molecule has 0 radical (unpaired) electrons. The number of likely N-dealkylation sites (N-methyl/N-ethyl adjacent to an activating group) is 1. The Labute approximate surface area is 132 Å². The Morgan fingerprint density at radius 1 is 1.25 bits per heavy atom. The fraction of sp³-hybridized carbons (Fsp3) is 0.625. The largest absolute Gasteiger partial charge is 0.329 e. The van der Waals surface area contributed by atoms with Gasteiger partial charge in [0.2, 0.25) is 0 Å². The van der Waals surface area contributed by atoms with Crippen molar-refractivity contribution in [3.63, 3.8) is 0 Å². The maximum Gasteiger partial charge on any atom is 0.0485 e. The van der Waals surface area contributed by atoms with Gasteiger partial charge in [0, 0.05) is 28.7 Å². The van der Waals surface area contributed by atoms with Crippen LogP contribution < -0.4 is 5.73 Å². The second-order valence-electron chi connectivity index (χ2n) is 6.00. The van der Waals surface area contributed by atoms with Crippen LogP contribution in [0, 0.1) is 5.92 Å². The molecule has 1 unspecified atom stereocenters. The third-order valence-electron chi connectivity index (χ3n) is 4.60. The highest BCUT2D eigenvalue weighted by molar-refractivity contribution is 6.35. The first kappa shape index (κ1) is 16.1. The van der Waals surface area contributed by atoms with E-state index < -0.39 is 0 Å². The molecule has 2 nitrogen and oxygen atoms in total. The molecule has 0 aromatic heterocycles. The molecule has 1 aliphatic carbocycles. The average molecular weight is 315 g/mol. The number of rotatable bonds is 4. The summed E-state index contributed by atoms with van der Waals surface area (Å²) in [6.45, 7) is 2.91. The summed E-state index contributed by atoms with van der Waals surface area (Å²) >= 11 is 12.3. The molecular weight excluding hydrogens is 291 g/mol. The molecule has 0 bridgehead atoms. The summed E-state index contributed by atoms with van der Waals surface area (Å²) in [5.41, 5.74) is 7.10. The number of hydrogen-bond acceptors (Lipinski definition) is 2. The van der Waals surface area contributed by atoms with Crippen LogP contribution in [0.1, 0.15) is 44.2 Å². The van der Waals surface area contributed by atoms with Crippen LogP contribution in [0.4, 0.5) is 0 Å². The molecule has 0 saturated heterocycles. The summed E-state index contributed by atoms with van der Waals surface area (Å²) < 4.78 is 0. The minimum atomic E-state index is 0.165. The molecule has 4 heteroatoms. The van der Waals surface area contributed by atoms with Crippen LogP contribution in [0.2, 0.25) is 10.0 Å².